The van der Waals surface area contributed by atoms with E-state index in [0.717, 1.165) is 12.1 Å². The first-order valence-electron chi connectivity index (χ1n) is 9.50. The number of carbonyl (C=O) groups is 2. The topological polar surface area (TPSA) is 117 Å². The van der Waals surface area contributed by atoms with Crippen LogP contribution in [0.5, 0.6) is 0 Å². The fraction of sp³-hybridized carbons (Fsp3) is 0.700. The first-order valence-corrected chi connectivity index (χ1v) is 9.50. The number of aliphatic hydroxyl groups is 3. The van der Waals surface area contributed by atoms with Crippen molar-refractivity contribution in [3.8, 4) is 0 Å². The van der Waals surface area contributed by atoms with Gasteiger partial charge in [-0.15, -0.1) is 0 Å². The molecule has 0 spiro atoms. The Bertz CT molecular complexity index is 677. The molecule has 3 N–H and O–H groups in total. The first kappa shape index (κ1) is 22.5. The van der Waals surface area contributed by atoms with Gasteiger partial charge in [0.2, 0.25) is 5.60 Å². The summed E-state index contributed by atoms with van der Waals surface area (Å²) in [6.07, 6.45) is 2.40. The number of esters is 2. The van der Waals surface area contributed by atoms with Crippen molar-refractivity contribution in [2.45, 2.75) is 70.5 Å². The van der Waals surface area contributed by atoms with E-state index in [1.165, 1.54) is 20.8 Å². The van der Waals surface area contributed by atoms with Gasteiger partial charge >= 0.3 is 11.9 Å². The van der Waals surface area contributed by atoms with Crippen molar-refractivity contribution in [1.29, 1.82) is 0 Å². The van der Waals surface area contributed by atoms with Crippen LogP contribution in [-0.2, 0) is 19.1 Å². The van der Waals surface area contributed by atoms with Crippen LogP contribution in [0.15, 0.2) is 23.3 Å². The molecule has 2 heterocycles. The van der Waals surface area contributed by atoms with Gasteiger partial charge in [0, 0.05) is 18.7 Å². The molecule has 158 valence electrons. The highest BCUT2D eigenvalue weighted by Gasteiger charge is 2.54. The molecule has 4 atom stereocenters. The summed E-state index contributed by atoms with van der Waals surface area (Å²) >= 11 is 0. The molecule has 1 fully saturated rings. The van der Waals surface area contributed by atoms with Crippen LogP contribution in [0.3, 0.4) is 0 Å². The average molecular weight is 397 g/mol. The van der Waals surface area contributed by atoms with Gasteiger partial charge in [0.1, 0.15) is 18.3 Å². The van der Waals surface area contributed by atoms with Crippen molar-refractivity contribution in [2.75, 3.05) is 19.7 Å². The highest BCUT2D eigenvalue weighted by Crippen LogP contribution is 2.33. The zero-order chi connectivity index (χ0) is 21.3. The number of carbonyl (C=O) groups excluding carboxylic acids is 2. The monoisotopic (exact) mass is 397 g/mol. The van der Waals surface area contributed by atoms with Gasteiger partial charge in [-0.05, 0) is 46.6 Å². The summed E-state index contributed by atoms with van der Waals surface area (Å²) in [5.41, 5.74) is -3.06. The summed E-state index contributed by atoms with van der Waals surface area (Å²) < 4.78 is 10.9. The van der Waals surface area contributed by atoms with Gasteiger partial charge in [-0.1, -0.05) is 12.2 Å². The number of hydrogen-bond acceptors (Lipinski definition) is 8. The standard InChI is InChI=1S/C20H31NO7/c1-6-12(2)17(23)28-15-8-10-21-9-7-14(16(15)21)11-27-18(24)20(26,13(3)22)19(4,5)25/h6-7,13,15-16,22,25-26H,8-11H2,1-5H3/b12-6+/t13-,15-,16-,20+/m1/s1. The summed E-state index contributed by atoms with van der Waals surface area (Å²) in [4.78, 5) is 26.7. The van der Waals surface area contributed by atoms with Gasteiger partial charge in [0.05, 0.1) is 12.1 Å². The highest BCUT2D eigenvalue weighted by atomic mass is 16.6. The molecule has 0 aromatic carbocycles. The van der Waals surface area contributed by atoms with Gasteiger partial charge in [-0.25, -0.2) is 9.59 Å². The molecule has 0 aliphatic carbocycles. The summed E-state index contributed by atoms with van der Waals surface area (Å²) in [5.74, 6) is -1.48. The molecule has 0 unspecified atom stereocenters. The number of rotatable bonds is 7. The van der Waals surface area contributed by atoms with E-state index in [9.17, 15) is 24.9 Å². The first-order chi connectivity index (χ1) is 12.9. The lowest BCUT2D eigenvalue weighted by Gasteiger charge is -2.38. The quantitative estimate of drug-likeness (QED) is 0.319. The van der Waals surface area contributed by atoms with E-state index in [1.54, 1.807) is 19.9 Å². The largest absolute Gasteiger partial charge is 0.459 e. The predicted molar refractivity (Wildman–Crippen MR) is 101 cm³/mol. The molecule has 0 amide bonds. The number of hydrogen-bond donors (Lipinski definition) is 3. The van der Waals surface area contributed by atoms with Crippen LogP contribution in [-0.4, -0.2) is 81.3 Å². The van der Waals surface area contributed by atoms with Crippen LogP contribution in [0.2, 0.25) is 0 Å². The number of allylic oxidation sites excluding steroid dienone is 1. The summed E-state index contributed by atoms with van der Waals surface area (Å²) in [6, 6.07) is -0.191. The Morgan fingerprint density at radius 3 is 2.57 bits per heavy atom. The molecule has 8 heteroatoms. The lowest BCUT2D eigenvalue weighted by atomic mass is 9.81. The highest BCUT2D eigenvalue weighted by molar-refractivity contribution is 5.87. The molecule has 0 bridgehead atoms. The van der Waals surface area contributed by atoms with Gasteiger partial charge in [-0.3, -0.25) is 4.90 Å². The lowest BCUT2D eigenvalue weighted by molar-refractivity contribution is -0.213. The number of nitrogens with zero attached hydrogens (tertiary/aromatic N) is 1. The summed E-state index contributed by atoms with van der Waals surface area (Å²) in [7, 11) is 0. The van der Waals surface area contributed by atoms with E-state index in [-0.39, 0.29) is 24.7 Å². The zero-order valence-electron chi connectivity index (χ0n) is 17.1. The summed E-state index contributed by atoms with van der Waals surface area (Å²) in [5, 5.41) is 30.5. The van der Waals surface area contributed by atoms with E-state index in [0.29, 0.717) is 18.5 Å². The molecule has 8 nitrogen and oxygen atoms in total. The van der Waals surface area contributed by atoms with Crippen LogP contribution in [0.25, 0.3) is 0 Å². The van der Waals surface area contributed by atoms with Crippen molar-refractivity contribution in [3.05, 3.63) is 23.3 Å². The van der Waals surface area contributed by atoms with Crippen LogP contribution in [0, 0.1) is 0 Å². The second-order valence-electron chi connectivity index (χ2n) is 8.00. The van der Waals surface area contributed by atoms with E-state index in [2.05, 4.69) is 4.90 Å². The van der Waals surface area contributed by atoms with Crippen molar-refractivity contribution in [3.63, 3.8) is 0 Å². The maximum Gasteiger partial charge on any atom is 0.344 e. The molecule has 0 aromatic rings. The van der Waals surface area contributed by atoms with Crippen LogP contribution < -0.4 is 0 Å². The lowest BCUT2D eigenvalue weighted by Crippen LogP contribution is -2.63. The number of fused-ring (bicyclic) bond motifs is 1. The van der Waals surface area contributed by atoms with E-state index in [4.69, 9.17) is 9.47 Å². The maximum absolute atomic E-state index is 12.5. The third kappa shape index (κ3) is 4.15. The molecule has 28 heavy (non-hydrogen) atoms. The second-order valence-corrected chi connectivity index (χ2v) is 8.00. The molecule has 2 aliphatic rings. The fourth-order valence-electron chi connectivity index (χ4n) is 3.66. The Kier molecular flexibility index (Phi) is 6.70. The van der Waals surface area contributed by atoms with Crippen LogP contribution in [0.1, 0.15) is 41.0 Å². The summed E-state index contributed by atoms with van der Waals surface area (Å²) in [6.45, 7) is 8.42. The molecule has 0 radical (unpaired) electrons. The van der Waals surface area contributed by atoms with E-state index >= 15 is 0 Å². The van der Waals surface area contributed by atoms with E-state index in [1.807, 2.05) is 6.08 Å². The van der Waals surface area contributed by atoms with Crippen molar-refractivity contribution < 1.29 is 34.4 Å². The molecule has 0 aromatic heterocycles. The molecule has 2 rings (SSSR count). The Balaban J connectivity index is 2.06. The normalized spacial score (nSPS) is 26.3. The van der Waals surface area contributed by atoms with Crippen molar-refractivity contribution in [1.82, 2.24) is 4.90 Å². The minimum Gasteiger partial charge on any atom is -0.459 e. The molecule has 0 saturated carbocycles. The zero-order valence-corrected chi connectivity index (χ0v) is 17.1. The Labute approximate surface area is 165 Å². The second kappa shape index (κ2) is 8.32. The third-order valence-electron chi connectivity index (χ3n) is 5.65. The van der Waals surface area contributed by atoms with Gasteiger partial charge in [-0.2, -0.15) is 0 Å². The molecular weight excluding hydrogens is 366 g/mol. The van der Waals surface area contributed by atoms with Gasteiger partial charge in [0.25, 0.3) is 0 Å². The Hall–Kier alpha value is -1.74. The fourth-order valence-corrected chi connectivity index (χ4v) is 3.66. The van der Waals surface area contributed by atoms with Crippen LogP contribution >= 0.6 is 0 Å². The van der Waals surface area contributed by atoms with Crippen molar-refractivity contribution in [2.24, 2.45) is 0 Å². The maximum atomic E-state index is 12.5. The molecule has 2 aliphatic heterocycles. The third-order valence-corrected chi connectivity index (χ3v) is 5.65. The molecular formula is C20H31NO7. The Morgan fingerprint density at radius 2 is 2.04 bits per heavy atom. The minimum absolute atomic E-state index is 0.123. The SMILES string of the molecule is C/C=C(\C)C(=O)O[C@@H]1CCN2CC=C(COC(=O)[C@@](O)([C@@H](C)O)C(C)(C)O)[C@H]12. The van der Waals surface area contributed by atoms with Crippen molar-refractivity contribution >= 4 is 11.9 Å². The number of aliphatic hydroxyl groups excluding tert-OH is 1. The predicted octanol–water partition coefficient (Wildman–Crippen LogP) is 0.305. The van der Waals surface area contributed by atoms with E-state index < -0.39 is 23.3 Å². The minimum atomic E-state index is -2.46. The Morgan fingerprint density at radius 1 is 1.39 bits per heavy atom. The molecule has 1 saturated heterocycles. The smallest absolute Gasteiger partial charge is 0.344 e. The van der Waals surface area contributed by atoms with Crippen LogP contribution in [0.4, 0.5) is 0 Å². The van der Waals surface area contributed by atoms with Gasteiger partial charge < -0.3 is 24.8 Å². The average Bonchev–Trinajstić information content (AvgIpc) is 3.20. The van der Waals surface area contributed by atoms with Gasteiger partial charge in [0.15, 0.2) is 0 Å². The number of ether oxygens (including phenoxy) is 2.